The molecule has 0 aliphatic carbocycles. The van der Waals surface area contributed by atoms with Gasteiger partial charge in [0.1, 0.15) is 11.6 Å². The Morgan fingerprint density at radius 1 is 1.08 bits per heavy atom. The molecule has 0 saturated carbocycles. The summed E-state index contributed by atoms with van der Waals surface area (Å²) in [5.41, 5.74) is 10.1. The lowest BCUT2D eigenvalue weighted by atomic mass is 9.84. The van der Waals surface area contributed by atoms with Gasteiger partial charge in [-0.15, -0.1) is 5.10 Å². The Morgan fingerprint density at radius 2 is 1.85 bits per heavy atom. The monoisotopic (exact) mass is 531 g/mol. The first kappa shape index (κ1) is 26.8. The maximum Gasteiger partial charge on any atom is 0.243 e. The number of amides is 3. The number of rotatable bonds is 8. The van der Waals surface area contributed by atoms with Gasteiger partial charge in [-0.3, -0.25) is 14.4 Å². The van der Waals surface area contributed by atoms with E-state index in [1.165, 1.54) is 0 Å². The van der Waals surface area contributed by atoms with E-state index in [0.29, 0.717) is 19.5 Å². The molecule has 3 amide bonds. The molecule has 10 nitrogen and oxygen atoms in total. The van der Waals surface area contributed by atoms with Crippen molar-refractivity contribution in [2.45, 2.75) is 63.1 Å². The van der Waals surface area contributed by atoms with Gasteiger partial charge < -0.3 is 20.9 Å². The quantitative estimate of drug-likeness (QED) is 0.458. The second-order valence-corrected chi connectivity index (χ2v) is 10.7. The van der Waals surface area contributed by atoms with Crippen LogP contribution in [0.2, 0.25) is 0 Å². The molecular weight excluding hydrogens is 494 g/mol. The van der Waals surface area contributed by atoms with Crippen LogP contribution in [0.25, 0.3) is 11.0 Å². The van der Waals surface area contributed by atoms with Crippen molar-refractivity contribution >= 4 is 28.8 Å². The summed E-state index contributed by atoms with van der Waals surface area (Å²) in [7, 11) is 1.83. The summed E-state index contributed by atoms with van der Waals surface area (Å²) in [5.74, 6) is -0.261. The number of nitrogens with one attached hydrogen (secondary N) is 1. The minimum absolute atomic E-state index is 0.0490. The molecule has 0 spiro atoms. The lowest BCUT2D eigenvalue weighted by molar-refractivity contribution is -0.144. The smallest absolute Gasteiger partial charge is 0.243 e. The zero-order valence-electron chi connectivity index (χ0n) is 22.5. The standard InChI is InChI=1S/C29H37N7O3/c1-34-25-11-9-20(17-24(25)32-33-34)19-31-28(38)26-18-22(21-7-3-2-4-8-21)13-16-36(26)29(39)23(30)10-12-27(37)35-14-5-6-15-35/h2-4,7-9,11,17,22-23,26H,5-6,10,12-16,18-19,30H2,1H3,(H,31,38)/t22-,23-,26+/m1/s1. The molecule has 3 atom stereocenters. The Morgan fingerprint density at radius 3 is 2.62 bits per heavy atom. The lowest BCUT2D eigenvalue weighted by Crippen LogP contribution is -2.57. The number of piperidine rings is 1. The Kier molecular flexibility index (Phi) is 8.21. The average Bonchev–Trinajstić information content (AvgIpc) is 3.64. The molecule has 39 heavy (non-hydrogen) atoms. The van der Waals surface area contributed by atoms with Crippen molar-refractivity contribution in [2.75, 3.05) is 19.6 Å². The largest absolute Gasteiger partial charge is 0.350 e. The topological polar surface area (TPSA) is 126 Å². The predicted molar refractivity (Wildman–Crippen MR) is 147 cm³/mol. The molecule has 3 aromatic rings. The molecule has 3 N–H and O–H groups in total. The van der Waals surface area contributed by atoms with Gasteiger partial charge in [-0.05, 0) is 61.3 Å². The van der Waals surface area contributed by atoms with E-state index in [0.717, 1.165) is 54.5 Å². The number of likely N-dealkylation sites (tertiary alicyclic amines) is 2. The third kappa shape index (κ3) is 6.11. The molecule has 2 fully saturated rings. The summed E-state index contributed by atoms with van der Waals surface area (Å²) >= 11 is 0. The van der Waals surface area contributed by atoms with Crippen LogP contribution in [0.5, 0.6) is 0 Å². The van der Waals surface area contributed by atoms with Crippen LogP contribution in [0.4, 0.5) is 0 Å². The normalized spacial score (nSPS) is 20.3. The second-order valence-electron chi connectivity index (χ2n) is 10.7. The number of aromatic nitrogens is 3. The summed E-state index contributed by atoms with van der Waals surface area (Å²) in [4.78, 5) is 43.0. The summed E-state index contributed by atoms with van der Waals surface area (Å²) in [6.07, 6.45) is 3.84. The van der Waals surface area contributed by atoms with Crippen molar-refractivity contribution < 1.29 is 14.4 Å². The SMILES string of the molecule is Cn1nnc2cc(CNC(=O)[C@@H]3C[C@H](c4ccccc4)CCN3C(=O)[C@H](N)CCC(=O)N3CCCC3)ccc21. The summed E-state index contributed by atoms with van der Waals surface area (Å²) in [5, 5.41) is 11.2. The maximum absolute atomic E-state index is 13.6. The van der Waals surface area contributed by atoms with E-state index in [1.54, 1.807) is 9.58 Å². The van der Waals surface area contributed by atoms with Crippen LogP contribution in [-0.4, -0.2) is 74.2 Å². The lowest BCUT2D eigenvalue weighted by Gasteiger charge is -2.40. The Labute approximate surface area is 228 Å². The first-order valence-corrected chi connectivity index (χ1v) is 13.9. The van der Waals surface area contributed by atoms with Crippen molar-refractivity contribution in [3.8, 4) is 0 Å². The average molecular weight is 532 g/mol. The third-order valence-electron chi connectivity index (χ3n) is 8.05. The van der Waals surface area contributed by atoms with Gasteiger partial charge >= 0.3 is 0 Å². The number of hydrogen-bond acceptors (Lipinski definition) is 6. The Bertz CT molecular complexity index is 1320. The highest BCUT2D eigenvalue weighted by Crippen LogP contribution is 2.32. The van der Waals surface area contributed by atoms with E-state index >= 15 is 0 Å². The number of benzene rings is 2. The van der Waals surface area contributed by atoms with Crippen molar-refractivity contribution in [1.29, 1.82) is 0 Å². The zero-order valence-corrected chi connectivity index (χ0v) is 22.5. The van der Waals surface area contributed by atoms with Crippen LogP contribution < -0.4 is 11.1 Å². The summed E-state index contributed by atoms with van der Waals surface area (Å²) < 4.78 is 1.70. The number of fused-ring (bicyclic) bond motifs is 1. The van der Waals surface area contributed by atoms with Gasteiger partial charge in [0.15, 0.2) is 0 Å². The number of carbonyl (C=O) groups excluding carboxylic acids is 3. The maximum atomic E-state index is 13.6. The van der Waals surface area contributed by atoms with Crippen LogP contribution in [0.1, 0.15) is 55.6 Å². The van der Waals surface area contributed by atoms with Crippen molar-refractivity contribution in [1.82, 2.24) is 30.1 Å². The van der Waals surface area contributed by atoms with Crippen LogP contribution in [0, 0.1) is 0 Å². The molecule has 1 aromatic heterocycles. The highest BCUT2D eigenvalue weighted by Gasteiger charge is 2.38. The summed E-state index contributed by atoms with van der Waals surface area (Å²) in [6.45, 7) is 2.31. The fraction of sp³-hybridized carbons (Fsp3) is 0.483. The first-order chi connectivity index (χ1) is 18.9. The predicted octanol–water partition coefficient (Wildman–Crippen LogP) is 2.09. The fourth-order valence-electron chi connectivity index (χ4n) is 5.75. The van der Waals surface area contributed by atoms with Gasteiger partial charge in [0.2, 0.25) is 17.7 Å². The third-order valence-corrected chi connectivity index (χ3v) is 8.05. The van der Waals surface area contributed by atoms with E-state index in [-0.39, 0.29) is 36.5 Å². The highest BCUT2D eigenvalue weighted by molar-refractivity contribution is 5.90. The number of nitrogens with two attached hydrogens (primary N) is 1. The van der Waals surface area contributed by atoms with E-state index in [2.05, 4.69) is 27.8 Å². The molecule has 2 aliphatic rings. The number of hydrogen-bond donors (Lipinski definition) is 2. The van der Waals surface area contributed by atoms with Gasteiger partial charge in [0.05, 0.1) is 11.6 Å². The van der Waals surface area contributed by atoms with Crippen molar-refractivity contribution in [2.24, 2.45) is 12.8 Å². The molecule has 206 valence electrons. The van der Waals surface area contributed by atoms with Crippen LogP contribution in [0.3, 0.4) is 0 Å². The van der Waals surface area contributed by atoms with E-state index in [4.69, 9.17) is 5.73 Å². The van der Waals surface area contributed by atoms with E-state index in [9.17, 15) is 14.4 Å². The molecule has 0 bridgehead atoms. The van der Waals surface area contributed by atoms with Gasteiger partial charge in [-0.25, -0.2) is 4.68 Å². The van der Waals surface area contributed by atoms with Gasteiger partial charge in [-0.2, -0.15) is 0 Å². The highest BCUT2D eigenvalue weighted by atomic mass is 16.2. The number of carbonyl (C=O) groups is 3. The Hall–Kier alpha value is -3.79. The Balaban J connectivity index is 1.26. The molecule has 5 rings (SSSR count). The molecule has 2 saturated heterocycles. The fourth-order valence-corrected chi connectivity index (χ4v) is 5.75. The van der Waals surface area contributed by atoms with E-state index in [1.807, 2.05) is 48.3 Å². The molecule has 0 radical (unpaired) electrons. The zero-order chi connectivity index (χ0) is 27.4. The van der Waals surface area contributed by atoms with Crippen molar-refractivity contribution in [3.05, 3.63) is 59.7 Å². The first-order valence-electron chi connectivity index (χ1n) is 13.9. The summed E-state index contributed by atoms with van der Waals surface area (Å²) in [6, 6.07) is 14.4. The van der Waals surface area contributed by atoms with Crippen LogP contribution in [-0.2, 0) is 28.0 Å². The minimum atomic E-state index is -0.820. The number of aryl methyl sites for hydroxylation is 1. The van der Waals surface area contributed by atoms with E-state index < -0.39 is 12.1 Å². The molecule has 0 unspecified atom stereocenters. The van der Waals surface area contributed by atoms with Crippen LogP contribution >= 0.6 is 0 Å². The minimum Gasteiger partial charge on any atom is -0.350 e. The molecule has 2 aliphatic heterocycles. The van der Waals surface area contributed by atoms with Crippen LogP contribution in [0.15, 0.2) is 48.5 Å². The van der Waals surface area contributed by atoms with Gasteiger partial charge in [0.25, 0.3) is 0 Å². The van der Waals surface area contributed by atoms with Crippen molar-refractivity contribution in [3.63, 3.8) is 0 Å². The molecular formula is C29H37N7O3. The number of nitrogens with zero attached hydrogens (tertiary/aromatic N) is 5. The van der Waals surface area contributed by atoms with Gasteiger partial charge in [-0.1, -0.05) is 41.6 Å². The molecule has 3 heterocycles. The second kappa shape index (κ2) is 11.9. The molecule has 2 aromatic carbocycles. The molecule has 10 heteroatoms. The van der Waals surface area contributed by atoms with Gasteiger partial charge in [0, 0.05) is 39.6 Å².